The summed E-state index contributed by atoms with van der Waals surface area (Å²) in [7, 11) is 0. The molecule has 0 aromatic heterocycles. The first-order chi connectivity index (χ1) is 9.22. The van der Waals surface area contributed by atoms with Crippen molar-refractivity contribution in [2.24, 2.45) is 0 Å². The van der Waals surface area contributed by atoms with Crippen LogP contribution in [-0.4, -0.2) is 48.7 Å². The normalized spacial score (nSPS) is 28.8. The Bertz CT molecular complexity index is 293. The Morgan fingerprint density at radius 1 is 1.37 bits per heavy atom. The van der Waals surface area contributed by atoms with Crippen molar-refractivity contribution < 1.29 is 9.53 Å². The lowest BCUT2D eigenvalue weighted by molar-refractivity contribution is -0.140. The highest BCUT2D eigenvalue weighted by Gasteiger charge is 2.43. The average molecular weight is 268 g/mol. The number of nitrogens with zero attached hydrogens (tertiary/aromatic N) is 1. The van der Waals surface area contributed by atoms with Crippen LogP contribution in [0.15, 0.2) is 0 Å². The summed E-state index contributed by atoms with van der Waals surface area (Å²) in [5, 5.41) is 3.48. The van der Waals surface area contributed by atoms with Gasteiger partial charge in [0.15, 0.2) is 0 Å². The van der Waals surface area contributed by atoms with Gasteiger partial charge in [0.1, 0.15) is 0 Å². The SMILES string of the molecule is CCCC1(C(=O)N2CCC(OCC)CC2)CCCN1. The second-order valence-corrected chi connectivity index (χ2v) is 5.81. The smallest absolute Gasteiger partial charge is 0.242 e. The van der Waals surface area contributed by atoms with E-state index in [0.717, 1.165) is 64.8 Å². The third kappa shape index (κ3) is 3.29. The molecule has 0 saturated carbocycles. The minimum Gasteiger partial charge on any atom is -0.378 e. The Balaban J connectivity index is 1.92. The Kier molecular flexibility index (Phi) is 5.22. The van der Waals surface area contributed by atoms with Gasteiger partial charge in [0.2, 0.25) is 5.91 Å². The molecular formula is C15H28N2O2. The highest BCUT2D eigenvalue weighted by molar-refractivity contribution is 5.86. The number of hydrogen-bond acceptors (Lipinski definition) is 3. The number of likely N-dealkylation sites (tertiary alicyclic amines) is 1. The zero-order valence-corrected chi connectivity index (χ0v) is 12.4. The number of rotatable bonds is 5. The number of carbonyl (C=O) groups is 1. The maximum atomic E-state index is 12.8. The number of amides is 1. The zero-order chi connectivity index (χ0) is 13.7. The first kappa shape index (κ1) is 14.8. The second kappa shape index (κ2) is 6.71. The van der Waals surface area contributed by atoms with Crippen LogP contribution in [0.3, 0.4) is 0 Å². The van der Waals surface area contributed by atoms with Crippen LogP contribution in [0.2, 0.25) is 0 Å². The van der Waals surface area contributed by atoms with Crippen molar-refractivity contribution in [3.8, 4) is 0 Å². The largest absolute Gasteiger partial charge is 0.378 e. The predicted octanol–water partition coefficient (Wildman–Crippen LogP) is 1.94. The van der Waals surface area contributed by atoms with Crippen molar-refractivity contribution >= 4 is 5.91 Å². The molecule has 2 saturated heterocycles. The maximum Gasteiger partial charge on any atom is 0.242 e. The standard InChI is InChI=1S/C15H28N2O2/c1-3-8-15(9-5-10-16-15)14(18)17-11-6-13(7-12-17)19-4-2/h13,16H,3-12H2,1-2H3. The average Bonchev–Trinajstić information content (AvgIpc) is 2.89. The summed E-state index contributed by atoms with van der Waals surface area (Å²) in [5.74, 6) is 0.335. The van der Waals surface area contributed by atoms with Gasteiger partial charge < -0.3 is 15.0 Å². The number of ether oxygens (including phenoxy) is 1. The van der Waals surface area contributed by atoms with Crippen LogP contribution >= 0.6 is 0 Å². The summed E-state index contributed by atoms with van der Waals surface area (Å²) in [5.41, 5.74) is -0.257. The van der Waals surface area contributed by atoms with E-state index in [1.807, 2.05) is 6.92 Å². The quantitative estimate of drug-likeness (QED) is 0.828. The van der Waals surface area contributed by atoms with Crippen LogP contribution < -0.4 is 5.32 Å². The molecule has 0 spiro atoms. The molecule has 1 amide bonds. The van der Waals surface area contributed by atoms with E-state index in [1.54, 1.807) is 0 Å². The Morgan fingerprint density at radius 3 is 2.63 bits per heavy atom. The summed E-state index contributed by atoms with van der Waals surface area (Å²) in [6, 6.07) is 0. The molecule has 4 heteroatoms. The van der Waals surface area contributed by atoms with Gasteiger partial charge in [-0.1, -0.05) is 13.3 Å². The van der Waals surface area contributed by atoms with Gasteiger partial charge in [0.05, 0.1) is 11.6 Å². The lowest BCUT2D eigenvalue weighted by atomic mass is 9.89. The molecule has 1 N–H and O–H groups in total. The monoisotopic (exact) mass is 268 g/mol. The van der Waals surface area contributed by atoms with Gasteiger partial charge in [0, 0.05) is 19.7 Å². The molecule has 2 rings (SSSR count). The van der Waals surface area contributed by atoms with Crippen LogP contribution in [-0.2, 0) is 9.53 Å². The molecule has 4 nitrogen and oxygen atoms in total. The highest BCUT2D eigenvalue weighted by atomic mass is 16.5. The third-order valence-electron chi connectivity index (χ3n) is 4.46. The lowest BCUT2D eigenvalue weighted by Gasteiger charge is -2.38. The van der Waals surface area contributed by atoms with E-state index in [2.05, 4.69) is 17.1 Å². The first-order valence-corrected chi connectivity index (χ1v) is 7.88. The van der Waals surface area contributed by atoms with E-state index in [4.69, 9.17) is 4.74 Å². The van der Waals surface area contributed by atoms with Crippen molar-refractivity contribution in [3.05, 3.63) is 0 Å². The molecule has 1 atom stereocenters. The molecule has 2 fully saturated rings. The van der Waals surface area contributed by atoms with Gasteiger partial charge in [-0.15, -0.1) is 0 Å². The minimum atomic E-state index is -0.257. The van der Waals surface area contributed by atoms with E-state index in [9.17, 15) is 4.79 Å². The van der Waals surface area contributed by atoms with Gasteiger partial charge in [0.25, 0.3) is 0 Å². The summed E-state index contributed by atoms with van der Waals surface area (Å²) in [4.78, 5) is 14.9. The predicted molar refractivity (Wildman–Crippen MR) is 76.1 cm³/mol. The summed E-state index contributed by atoms with van der Waals surface area (Å²) < 4.78 is 5.66. The van der Waals surface area contributed by atoms with Crippen LogP contribution in [0.25, 0.3) is 0 Å². The fourth-order valence-corrected chi connectivity index (χ4v) is 3.50. The molecule has 0 aromatic carbocycles. The van der Waals surface area contributed by atoms with E-state index in [0.29, 0.717) is 12.0 Å². The highest BCUT2D eigenvalue weighted by Crippen LogP contribution is 2.28. The van der Waals surface area contributed by atoms with Crippen LogP contribution in [0, 0.1) is 0 Å². The van der Waals surface area contributed by atoms with Crippen LogP contribution in [0.4, 0.5) is 0 Å². The number of hydrogen-bond donors (Lipinski definition) is 1. The van der Waals surface area contributed by atoms with Crippen molar-refractivity contribution in [2.75, 3.05) is 26.2 Å². The Labute approximate surface area is 116 Å². The van der Waals surface area contributed by atoms with Gasteiger partial charge in [-0.05, 0) is 45.6 Å². The number of carbonyl (C=O) groups excluding carboxylic acids is 1. The fraction of sp³-hybridized carbons (Fsp3) is 0.933. The number of nitrogens with one attached hydrogen (secondary N) is 1. The second-order valence-electron chi connectivity index (χ2n) is 5.81. The number of piperidine rings is 1. The minimum absolute atomic E-state index is 0.257. The molecular weight excluding hydrogens is 240 g/mol. The molecule has 110 valence electrons. The third-order valence-corrected chi connectivity index (χ3v) is 4.46. The molecule has 0 radical (unpaired) electrons. The molecule has 2 heterocycles. The van der Waals surface area contributed by atoms with Crippen molar-refractivity contribution in [3.63, 3.8) is 0 Å². The van der Waals surface area contributed by atoms with Crippen molar-refractivity contribution in [2.45, 2.75) is 64.0 Å². The van der Waals surface area contributed by atoms with Crippen LogP contribution in [0.1, 0.15) is 52.4 Å². The molecule has 0 aliphatic carbocycles. The lowest BCUT2D eigenvalue weighted by Crippen LogP contribution is -2.56. The van der Waals surface area contributed by atoms with E-state index < -0.39 is 0 Å². The van der Waals surface area contributed by atoms with Crippen molar-refractivity contribution in [1.29, 1.82) is 0 Å². The summed E-state index contributed by atoms with van der Waals surface area (Å²) >= 11 is 0. The van der Waals surface area contributed by atoms with Crippen molar-refractivity contribution in [1.82, 2.24) is 10.2 Å². The zero-order valence-electron chi connectivity index (χ0n) is 12.4. The van der Waals surface area contributed by atoms with E-state index in [1.165, 1.54) is 0 Å². The Morgan fingerprint density at radius 2 is 2.11 bits per heavy atom. The fourth-order valence-electron chi connectivity index (χ4n) is 3.50. The maximum absolute atomic E-state index is 12.8. The Hall–Kier alpha value is -0.610. The molecule has 1 unspecified atom stereocenters. The first-order valence-electron chi connectivity index (χ1n) is 7.88. The van der Waals surface area contributed by atoms with Gasteiger partial charge in [-0.2, -0.15) is 0 Å². The van der Waals surface area contributed by atoms with Gasteiger partial charge >= 0.3 is 0 Å². The molecule has 19 heavy (non-hydrogen) atoms. The van der Waals surface area contributed by atoms with Crippen LogP contribution in [0.5, 0.6) is 0 Å². The summed E-state index contributed by atoms with van der Waals surface area (Å²) in [6.07, 6.45) is 6.49. The molecule has 0 bridgehead atoms. The van der Waals surface area contributed by atoms with Gasteiger partial charge in [-0.25, -0.2) is 0 Å². The van der Waals surface area contributed by atoms with E-state index in [-0.39, 0.29) is 5.54 Å². The molecule has 2 aliphatic heterocycles. The summed E-state index contributed by atoms with van der Waals surface area (Å²) in [6.45, 7) is 7.68. The van der Waals surface area contributed by atoms with E-state index >= 15 is 0 Å². The molecule has 2 aliphatic rings. The van der Waals surface area contributed by atoms with Gasteiger partial charge in [-0.3, -0.25) is 4.79 Å². The topological polar surface area (TPSA) is 41.6 Å². The molecule has 0 aromatic rings.